The molecular weight excluding hydrogens is 410 g/mol. The monoisotopic (exact) mass is 433 g/mol. The summed E-state index contributed by atoms with van der Waals surface area (Å²) in [6, 6.07) is 22.3. The fourth-order valence-corrected chi connectivity index (χ4v) is 3.95. The van der Waals surface area contributed by atoms with E-state index in [0.717, 1.165) is 30.5 Å². The number of halogens is 1. The third-order valence-electron chi connectivity index (χ3n) is 5.28. The highest BCUT2D eigenvalue weighted by Gasteiger charge is 2.20. The number of carbonyl (C=O) groups excluding carboxylic acids is 2. The largest absolute Gasteiger partial charge is 0.326 e. The van der Waals surface area contributed by atoms with Crippen LogP contribution >= 0.6 is 11.6 Å². The van der Waals surface area contributed by atoms with E-state index in [-0.39, 0.29) is 18.4 Å². The first-order valence-electron chi connectivity index (χ1n) is 10.4. The summed E-state index contributed by atoms with van der Waals surface area (Å²) in [7, 11) is 0. The molecule has 3 amide bonds. The van der Waals surface area contributed by atoms with Crippen LogP contribution in [0.1, 0.15) is 24.0 Å². The molecule has 158 valence electrons. The van der Waals surface area contributed by atoms with Gasteiger partial charge in [-0.25, -0.2) is 4.79 Å². The number of urea groups is 1. The van der Waals surface area contributed by atoms with Crippen molar-refractivity contribution >= 4 is 40.6 Å². The molecule has 0 spiro atoms. The molecule has 1 aliphatic heterocycles. The van der Waals surface area contributed by atoms with Gasteiger partial charge in [0.25, 0.3) is 0 Å². The number of nitrogens with zero attached hydrogens (tertiary/aromatic N) is 1. The van der Waals surface area contributed by atoms with Crippen molar-refractivity contribution in [1.82, 2.24) is 0 Å². The molecular formula is C25H24ClN3O2. The predicted octanol–water partition coefficient (Wildman–Crippen LogP) is 5.90. The Balaban J connectivity index is 1.37. The number of benzene rings is 3. The van der Waals surface area contributed by atoms with Crippen molar-refractivity contribution in [3.05, 3.63) is 88.9 Å². The van der Waals surface area contributed by atoms with Crippen molar-refractivity contribution < 1.29 is 9.59 Å². The molecule has 0 unspecified atom stereocenters. The molecule has 3 aromatic rings. The van der Waals surface area contributed by atoms with Crippen molar-refractivity contribution in [3.63, 3.8) is 0 Å². The maximum atomic E-state index is 12.9. The molecule has 1 heterocycles. The van der Waals surface area contributed by atoms with Crippen molar-refractivity contribution in [2.45, 2.75) is 25.7 Å². The Morgan fingerprint density at radius 3 is 2.48 bits per heavy atom. The fourth-order valence-electron chi connectivity index (χ4n) is 3.76. The Labute approximate surface area is 187 Å². The highest BCUT2D eigenvalue weighted by Crippen LogP contribution is 2.27. The summed E-state index contributed by atoms with van der Waals surface area (Å²) in [4.78, 5) is 27.0. The molecule has 31 heavy (non-hydrogen) atoms. The van der Waals surface area contributed by atoms with Gasteiger partial charge in [-0.15, -0.1) is 0 Å². The zero-order valence-corrected chi connectivity index (χ0v) is 17.9. The topological polar surface area (TPSA) is 61.4 Å². The first kappa shape index (κ1) is 20.9. The first-order chi connectivity index (χ1) is 15.1. The molecule has 0 atom stereocenters. The summed E-state index contributed by atoms with van der Waals surface area (Å²) in [5.41, 5.74) is 4.41. The van der Waals surface area contributed by atoms with Gasteiger partial charge in [0, 0.05) is 28.6 Å². The van der Waals surface area contributed by atoms with Crippen LogP contribution in [-0.4, -0.2) is 18.5 Å². The quantitative estimate of drug-likeness (QED) is 0.538. The Kier molecular flexibility index (Phi) is 6.53. The Hall–Kier alpha value is -3.31. The maximum Gasteiger partial charge on any atom is 0.326 e. The average Bonchev–Trinajstić information content (AvgIpc) is 2.98. The van der Waals surface area contributed by atoms with Gasteiger partial charge in [-0.05, 0) is 66.8 Å². The minimum atomic E-state index is -0.138. The molecule has 4 rings (SSSR count). The van der Waals surface area contributed by atoms with Crippen molar-refractivity contribution in [3.8, 4) is 0 Å². The molecule has 0 aliphatic carbocycles. The third-order valence-corrected chi connectivity index (χ3v) is 5.52. The standard InChI is InChI=1S/C25H24ClN3O2/c26-20-8-5-9-22(17-20)27-24(30)16-18-11-13-21(14-12-18)28-25(31)29-15-4-3-7-19-6-1-2-10-23(19)29/h1-2,5-6,8-14,17H,3-4,7,15-16H2,(H,27,30)(H,28,31). The summed E-state index contributed by atoms with van der Waals surface area (Å²) in [5.74, 6) is -0.125. The van der Waals surface area contributed by atoms with Crippen LogP contribution in [-0.2, 0) is 17.6 Å². The number of hydrogen-bond donors (Lipinski definition) is 2. The number of hydrogen-bond acceptors (Lipinski definition) is 2. The van der Waals surface area contributed by atoms with Gasteiger partial charge in [0.05, 0.1) is 6.42 Å². The Morgan fingerprint density at radius 1 is 0.871 bits per heavy atom. The van der Waals surface area contributed by atoms with Gasteiger partial charge < -0.3 is 10.6 Å². The highest BCUT2D eigenvalue weighted by atomic mass is 35.5. The Morgan fingerprint density at radius 2 is 1.68 bits per heavy atom. The second-order valence-corrected chi connectivity index (χ2v) is 8.04. The molecule has 5 nitrogen and oxygen atoms in total. The second kappa shape index (κ2) is 9.67. The molecule has 0 bridgehead atoms. The second-order valence-electron chi connectivity index (χ2n) is 7.60. The first-order valence-corrected chi connectivity index (χ1v) is 10.8. The van der Waals surface area contributed by atoms with E-state index in [1.165, 1.54) is 5.56 Å². The van der Waals surface area contributed by atoms with E-state index < -0.39 is 0 Å². The molecule has 3 aromatic carbocycles. The van der Waals surface area contributed by atoms with Crippen LogP contribution in [0.3, 0.4) is 0 Å². The average molecular weight is 434 g/mol. The van der Waals surface area contributed by atoms with E-state index in [2.05, 4.69) is 16.7 Å². The zero-order valence-electron chi connectivity index (χ0n) is 17.1. The van der Waals surface area contributed by atoms with Gasteiger partial charge >= 0.3 is 6.03 Å². The normalized spacial score (nSPS) is 13.1. The van der Waals surface area contributed by atoms with Crippen molar-refractivity contribution in [2.24, 2.45) is 0 Å². The van der Waals surface area contributed by atoms with Crippen LogP contribution in [0.5, 0.6) is 0 Å². The number of carbonyl (C=O) groups is 2. The highest BCUT2D eigenvalue weighted by molar-refractivity contribution is 6.30. The number of para-hydroxylation sites is 1. The van der Waals surface area contributed by atoms with E-state index in [9.17, 15) is 9.59 Å². The Bertz CT molecular complexity index is 1080. The smallest absolute Gasteiger partial charge is 0.326 e. The number of fused-ring (bicyclic) bond motifs is 1. The van der Waals surface area contributed by atoms with Crippen LogP contribution in [0.4, 0.5) is 21.9 Å². The van der Waals surface area contributed by atoms with Gasteiger partial charge in [0.2, 0.25) is 5.91 Å². The molecule has 6 heteroatoms. The summed E-state index contributed by atoms with van der Waals surface area (Å²) in [5, 5.41) is 6.39. The number of aryl methyl sites for hydroxylation is 1. The molecule has 0 saturated carbocycles. The predicted molar refractivity (Wildman–Crippen MR) is 126 cm³/mol. The van der Waals surface area contributed by atoms with E-state index >= 15 is 0 Å². The van der Waals surface area contributed by atoms with E-state index in [1.54, 1.807) is 24.3 Å². The molecule has 2 N–H and O–H groups in total. The molecule has 0 fully saturated rings. The third kappa shape index (κ3) is 5.44. The van der Waals surface area contributed by atoms with Crippen LogP contribution in [0.2, 0.25) is 5.02 Å². The zero-order chi connectivity index (χ0) is 21.6. The van der Waals surface area contributed by atoms with Gasteiger partial charge in [-0.3, -0.25) is 9.69 Å². The summed E-state index contributed by atoms with van der Waals surface area (Å²) < 4.78 is 0. The van der Waals surface area contributed by atoms with Crippen LogP contribution in [0.25, 0.3) is 0 Å². The molecule has 0 saturated heterocycles. The summed E-state index contributed by atoms with van der Waals surface area (Å²) in [6.45, 7) is 0.699. The van der Waals surface area contributed by atoms with Gasteiger partial charge in [-0.1, -0.05) is 48.0 Å². The van der Waals surface area contributed by atoms with Crippen LogP contribution in [0.15, 0.2) is 72.8 Å². The summed E-state index contributed by atoms with van der Waals surface area (Å²) in [6.07, 6.45) is 3.28. The van der Waals surface area contributed by atoms with Gasteiger partial charge in [0.15, 0.2) is 0 Å². The van der Waals surface area contributed by atoms with Gasteiger partial charge in [0.1, 0.15) is 0 Å². The lowest BCUT2D eigenvalue weighted by atomic mass is 10.1. The minimum absolute atomic E-state index is 0.125. The van der Waals surface area contributed by atoms with Gasteiger partial charge in [-0.2, -0.15) is 0 Å². The van der Waals surface area contributed by atoms with E-state index in [4.69, 9.17) is 11.6 Å². The fraction of sp³-hybridized carbons (Fsp3) is 0.200. The van der Waals surface area contributed by atoms with Crippen molar-refractivity contribution in [1.29, 1.82) is 0 Å². The van der Waals surface area contributed by atoms with E-state index in [0.29, 0.717) is 22.9 Å². The lowest BCUT2D eigenvalue weighted by Gasteiger charge is -2.23. The number of nitrogens with one attached hydrogen (secondary N) is 2. The molecule has 0 radical (unpaired) electrons. The lowest BCUT2D eigenvalue weighted by molar-refractivity contribution is -0.115. The van der Waals surface area contributed by atoms with Crippen molar-refractivity contribution in [2.75, 3.05) is 22.1 Å². The SMILES string of the molecule is O=C(Cc1ccc(NC(=O)N2CCCCc3ccccc32)cc1)Nc1cccc(Cl)c1. The lowest BCUT2D eigenvalue weighted by Crippen LogP contribution is -2.35. The van der Waals surface area contributed by atoms with Crippen LogP contribution < -0.4 is 15.5 Å². The molecule has 0 aromatic heterocycles. The number of rotatable bonds is 4. The summed E-state index contributed by atoms with van der Waals surface area (Å²) >= 11 is 5.95. The maximum absolute atomic E-state index is 12.9. The number of amides is 3. The number of anilines is 3. The molecule has 1 aliphatic rings. The van der Waals surface area contributed by atoms with Crippen LogP contribution in [0, 0.1) is 0 Å². The minimum Gasteiger partial charge on any atom is -0.326 e. The van der Waals surface area contributed by atoms with E-state index in [1.807, 2.05) is 47.4 Å².